The minimum atomic E-state index is -0.232. The number of nitrogens with zero attached hydrogens (tertiary/aromatic N) is 1. The number of nitrogen functional groups attached to an aromatic ring is 1. The van der Waals surface area contributed by atoms with Crippen LogP contribution in [0.3, 0.4) is 0 Å². The summed E-state index contributed by atoms with van der Waals surface area (Å²) in [5, 5.41) is 14.8. The maximum absolute atomic E-state index is 12.7. The lowest BCUT2D eigenvalue weighted by Gasteiger charge is -2.29. The van der Waals surface area contributed by atoms with Gasteiger partial charge in [-0.25, -0.2) is 0 Å². The van der Waals surface area contributed by atoms with Gasteiger partial charge in [-0.3, -0.25) is 9.69 Å². The summed E-state index contributed by atoms with van der Waals surface area (Å²) in [6, 6.07) is 17.4. The molecule has 5 nitrogen and oxygen atoms in total. The molecule has 150 valence electrons. The zero-order chi connectivity index (χ0) is 20.2. The van der Waals surface area contributed by atoms with Crippen LogP contribution in [0.4, 0.5) is 11.4 Å². The Hall–Kier alpha value is -2.67. The first-order chi connectivity index (χ1) is 14.1. The predicted molar refractivity (Wildman–Crippen MR) is 119 cm³/mol. The van der Waals surface area contributed by atoms with E-state index in [0.717, 1.165) is 41.9 Å². The second-order valence-electron chi connectivity index (χ2n) is 7.46. The Morgan fingerprint density at radius 1 is 1.21 bits per heavy atom. The summed E-state index contributed by atoms with van der Waals surface area (Å²) < 4.78 is 0. The molecule has 4 N–H and O–H groups in total. The van der Waals surface area contributed by atoms with E-state index in [1.807, 2.05) is 60.0 Å². The average Bonchev–Trinajstić information content (AvgIpc) is 3.25. The van der Waals surface area contributed by atoms with E-state index in [1.54, 1.807) is 11.3 Å². The minimum absolute atomic E-state index is 0.181. The second-order valence-corrected chi connectivity index (χ2v) is 8.41. The number of thiophene rings is 1. The van der Waals surface area contributed by atoms with E-state index in [2.05, 4.69) is 10.2 Å². The van der Waals surface area contributed by atoms with E-state index in [-0.39, 0.29) is 12.0 Å². The Balaban J connectivity index is 1.43. The molecule has 4 rings (SSSR count). The smallest absolute Gasteiger partial charge is 0.255 e. The minimum Gasteiger partial charge on any atom is -0.397 e. The van der Waals surface area contributed by atoms with Crippen LogP contribution in [0.25, 0.3) is 10.4 Å². The third kappa shape index (κ3) is 4.85. The number of benzene rings is 2. The SMILES string of the molecule is Nc1ccc(-c2cccs2)cc1NC(=O)c1ccc(CN2CCC[C@@H](O)C2)cc1. The van der Waals surface area contributed by atoms with Gasteiger partial charge in [0.15, 0.2) is 0 Å². The molecule has 1 fully saturated rings. The average molecular weight is 408 g/mol. The van der Waals surface area contributed by atoms with Gasteiger partial charge >= 0.3 is 0 Å². The molecule has 0 spiro atoms. The number of rotatable bonds is 5. The molecule has 3 aromatic rings. The summed E-state index contributed by atoms with van der Waals surface area (Å²) in [7, 11) is 0. The van der Waals surface area contributed by atoms with E-state index < -0.39 is 0 Å². The van der Waals surface area contributed by atoms with Gasteiger partial charge in [0.25, 0.3) is 5.91 Å². The summed E-state index contributed by atoms with van der Waals surface area (Å²) in [4.78, 5) is 16.1. The summed E-state index contributed by atoms with van der Waals surface area (Å²) in [6.45, 7) is 2.50. The third-order valence-corrected chi connectivity index (χ3v) is 6.13. The van der Waals surface area contributed by atoms with Crippen molar-refractivity contribution < 1.29 is 9.90 Å². The fraction of sp³-hybridized carbons (Fsp3) is 0.261. The van der Waals surface area contributed by atoms with Crippen molar-refractivity contribution in [2.75, 3.05) is 24.1 Å². The van der Waals surface area contributed by atoms with Crippen LogP contribution < -0.4 is 11.1 Å². The van der Waals surface area contributed by atoms with Crippen LogP contribution in [0.2, 0.25) is 0 Å². The lowest BCUT2D eigenvalue weighted by molar-refractivity contribution is 0.0668. The number of hydrogen-bond donors (Lipinski definition) is 3. The van der Waals surface area contributed by atoms with Gasteiger partial charge in [0.2, 0.25) is 0 Å². The van der Waals surface area contributed by atoms with Crippen LogP contribution in [0.15, 0.2) is 60.0 Å². The number of likely N-dealkylation sites (tertiary alicyclic amines) is 1. The van der Waals surface area contributed by atoms with E-state index in [9.17, 15) is 9.90 Å². The van der Waals surface area contributed by atoms with Crippen LogP contribution in [0, 0.1) is 0 Å². The zero-order valence-electron chi connectivity index (χ0n) is 16.2. The molecule has 1 aromatic heterocycles. The molecular weight excluding hydrogens is 382 g/mol. The van der Waals surface area contributed by atoms with Crippen molar-refractivity contribution in [3.8, 4) is 10.4 Å². The number of β-amino-alcohol motifs (C(OH)–C–C–N with tert-alkyl or cyclic N) is 1. The monoisotopic (exact) mass is 407 g/mol. The summed E-state index contributed by atoms with van der Waals surface area (Å²) >= 11 is 1.65. The molecule has 1 saturated heterocycles. The number of piperidine rings is 1. The highest BCUT2D eigenvalue weighted by atomic mass is 32.1. The number of nitrogens with two attached hydrogens (primary N) is 1. The first-order valence-electron chi connectivity index (χ1n) is 9.82. The maximum atomic E-state index is 12.7. The largest absolute Gasteiger partial charge is 0.397 e. The number of amides is 1. The Labute approximate surface area is 174 Å². The number of anilines is 2. The van der Waals surface area contributed by atoms with E-state index in [0.29, 0.717) is 23.5 Å². The van der Waals surface area contributed by atoms with Gasteiger partial charge < -0.3 is 16.2 Å². The highest BCUT2D eigenvalue weighted by Crippen LogP contribution is 2.30. The van der Waals surface area contributed by atoms with Gasteiger partial charge in [-0.2, -0.15) is 0 Å². The van der Waals surface area contributed by atoms with Gasteiger partial charge in [0.1, 0.15) is 0 Å². The standard InChI is InChI=1S/C23H25N3O2S/c24-20-10-9-18(22-4-2-12-29-22)13-21(20)25-23(28)17-7-5-16(6-8-17)14-26-11-1-3-19(27)15-26/h2,4-10,12-13,19,27H,1,3,11,14-15,24H2,(H,25,28)/t19-/m1/s1. The van der Waals surface area contributed by atoms with Crippen LogP contribution >= 0.6 is 11.3 Å². The predicted octanol–water partition coefficient (Wildman–Crippen LogP) is 4.21. The molecule has 0 radical (unpaired) electrons. The van der Waals surface area contributed by atoms with E-state index >= 15 is 0 Å². The van der Waals surface area contributed by atoms with Crippen molar-refractivity contribution in [1.29, 1.82) is 0 Å². The molecule has 0 saturated carbocycles. The molecule has 6 heteroatoms. The summed E-state index contributed by atoms with van der Waals surface area (Å²) in [6.07, 6.45) is 1.67. The van der Waals surface area contributed by atoms with Crippen molar-refractivity contribution in [1.82, 2.24) is 4.90 Å². The number of carbonyl (C=O) groups excluding carboxylic acids is 1. The normalized spacial score (nSPS) is 17.2. The number of nitrogens with one attached hydrogen (secondary N) is 1. The quantitative estimate of drug-likeness (QED) is 0.554. The van der Waals surface area contributed by atoms with Crippen molar-refractivity contribution >= 4 is 28.6 Å². The summed E-state index contributed by atoms with van der Waals surface area (Å²) in [5.41, 5.74) is 9.99. The van der Waals surface area contributed by atoms with Crippen molar-refractivity contribution in [3.05, 3.63) is 71.1 Å². The lowest BCUT2D eigenvalue weighted by Crippen LogP contribution is -2.37. The number of hydrogen-bond acceptors (Lipinski definition) is 5. The highest BCUT2D eigenvalue weighted by molar-refractivity contribution is 7.13. The Bertz CT molecular complexity index is 970. The van der Waals surface area contributed by atoms with Crippen LogP contribution in [-0.4, -0.2) is 35.1 Å². The Kier molecular flexibility index (Phi) is 5.94. The van der Waals surface area contributed by atoms with Gasteiger partial charge in [0, 0.05) is 23.5 Å². The Morgan fingerprint density at radius 2 is 2.03 bits per heavy atom. The molecule has 2 heterocycles. The highest BCUT2D eigenvalue weighted by Gasteiger charge is 2.17. The first kappa shape index (κ1) is 19.6. The van der Waals surface area contributed by atoms with Gasteiger partial charge in [-0.05, 0) is 66.2 Å². The lowest BCUT2D eigenvalue weighted by atomic mass is 10.1. The molecule has 29 heavy (non-hydrogen) atoms. The van der Waals surface area contributed by atoms with Gasteiger partial charge in [-0.15, -0.1) is 11.3 Å². The number of aliphatic hydroxyl groups excluding tert-OH is 1. The van der Waals surface area contributed by atoms with Crippen molar-refractivity contribution in [2.45, 2.75) is 25.5 Å². The molecule has 2 aromatic carbocycles. The molecule has 0 aliphatic carbocycles. The molecule has 1 atom stereocenters. The molecule has 1 aliphatic heterocycles. The topological polar surface area (TPSA) is 78.6 Å². The molecule has 1 aliphatic rings. The van der Waals surface area contributed by atoms with Crippen molar-refractivity contribution in [3.63, 3.8) is 0 Å². The molecule has 0 unspecified atom stereocenters. The zero-order valence-corrected chi connectivity index (χ0v) is 17.0. The van der Waals surface area contributed by atoms with Gasteiger partial charge in [0.05, 0.1) is 17.5 Å². The van der Waals surface area contributed by atoms with Gasteiger partial charge in [-0.1, -0.05) is 24.3 Å². The molecule has 1 amide bonds. The second kappa shape index (κ2) is 8.78. The Morgan fingerprint density at radius 3 is 2.76 bits per heavy atom. The van der Waals surface area contributed by atoms with Crippen molar-refractivity contribution in [2.24, 2.45) is 0 Å². The van der Waals surface area contributed by atoms with E-state index in [1.165, 1.54) is 0 Å². The molecule has 0 bridgehead atoms. The number of carbonyl (C=O) groups is 1. The van der Waals surface area contributed by atoms with Crippen LogP contribution in [-0.2, 0) is 6.54 Å². The maximum Gasteiger partial charge on any atom is 0.255 e. The molecular formula is C23H25N3O2S. The number of aliphatic hydroxyl groups is 1. The fourth-order valence-corrected chi connectivity index (χ4v) is 4.37. The summed E-state index contributed by atoms with van der Waals surface area (Å²) in [5.74, 6) is -0.181. The third-order valence-electron chi connectivity index (χ3n) is 5.21. The van der Waals surface area contributed by atoms with Crippen LogP contribution in [0.5, 0.6) is 0 Å². The van der Waals surface area contributed by atoms with Crippen LogP contribution in [0.1, 0.15) is 28.8 Å². The first-order valence-corrected chi connectivity index (χ1v) is 10.7. The fourth-order valence-electron chi connectivity index (χ4n) is 3.65. The van der Waals surface area contributed by atoms with E-state index in [4.69, 9.17) is 5.73 Å².